The van der Waals surface area contributed by atoms with Gasteiger partial charge in [-0.3, -0.25) is 9.47 Å². The van der Waals surface area contributed by atoms with Gasteiger partial charge in [-0.15, -0.1) is 13.2 Å². The molecule has 1 aromatic heterocycles. The minimum Gasteiger partial charge on any atom is -0.405 e. The summed E-state index contributed by atoms with van der Waals surface area (Å²) in [5, 5.41) is 0. The number of benzene rings is 1. The van der Waals surface area contributed by atoms with Crippen LogP contribution in [0.25, 0.3) is 5.69 Å². The summed E-state index contributed by atoms with van der Waals surface area (Å²) in [5.74, 6) is -0.318. The van der Waals surface area contributed by atoms with E-state index in [1.807, 2.05) is 11.9 Å². The molecular weight excluding hydrogens is 387 g/mol. The first-order valence-corrected chi connectivity index (χ1v) is 9.32. The van der Waals surface area contributed by atoms with Crippen LogP contribution in [0.2, 0.25) is 0 Å². The molecule has 2 aromatic rings. The first-order chi connectivity index (χ1) is 13.6. The second kappa shape index (κ2) is 8.42. The van der Waals surface area contributed by atoms with E-state index in [1.54, 1.807) is 6.07 Å². The fourth-order valence-corrected chi connectivity index (χ4v) is 3.60. The van der Waals surface area contributed by atoms with Crippen LogP contribution in [0.15, 0.2) is 35.3 Å². The number of hydrogen-bond donors (Lipinski definition) is 2. The third kappa shape index (κ3) is 5.48. The van der Waals surface area contributed by atoms with Gasteiger partial charge in [-0.25, -0.2) is 4.79 Å². The Morgan fingerprint density at radius 2 is 1.93 bits per heavy atom. The van der Waals surface area contributed by atoms with Crippen molar-refractivity contribution in [2.24, 2.45) is 5.73 Å². The van der Waals surface area contributed by atoms with Crippen LogP contribution < -0.4 is 21.9 Å². The molecule has 0 unspecified atom stereocenters. The van der Waals surface area contributed by atoms with Crippen LogP contribution in [0.5, 0.6) is 5.75 Å². The monoisotopic (exact) mass is 411 g/mol. The van der Waals surface area contributed by atoms with E-state index >= 15 is 0 Å². The highest BCUT2D eigenvalue weighted by Gasteiger charge is 2.33. The maximum Gasteiger partial charge on any atom is 0.573 e. The quantitative estimate of drug-likeness (QED) is 0.784. The van der Waals surface area contributed by atoms with Crippen molar-refractivity contribution >= 4 is 5.82 Å². The fourth-order valence-electron chi connectivity index (χ4n) is 3.60. The normalized spacial score (nSPS) is 20.1. The van der Waals surface area contributed by atoms with Gasteiger partial charge in [0.05, 0.1) is 5.69 Å². The molecule has 10 heteroatoms. The van der Waals surface area contributed by atoms with Gasteiger partial charge in [-0.05, 0) is 44.9 Å². The summed E-state index contributed by atoms with van der Waals surface area (Å²) in [5.41, 5.74) is 11.3. The van der Waals surface area contributed by atoms with Gasteiger partial charge < -0.3 is 16.2 Å². The largest absolute Gasteiger partial charge is 0.573 e. The molecule has 0 bridgehead atoms. The molecule has 1 aromatic carbocycles. The lowest BCUT2D eigenvalue weighted by molar-refractivity contribution is -0.275. The van der Waals surface area contributed by atoms with Crippen molar-refractivity contribution in [3.8, 4) is 11.4 Å². The van der Waals surface area contributed by atoms with Gasteiger partial charge in [0.25, 0.3) is 0 Å². The lowest BCUT2D eigenvalue weighted by Crippen LogP contribution is -2.38. The zero-order valence-corrected chi connectivity index (χ0v) is 16.0. The van der Waals surface area contributed by atoms with Crippen molar-refractivity contribution in [1.82, 2.24) is 14.5 Å². The number of ether oxygens (including phenoxy) is 1. The molecule has 0 saturated heterocycles. The predicted octanol–water partition coefficient (Wildman–Crippen LogP) is 2.42. The number of halogens is 3. The standard InChI is InChI=1S/C19H24F3N5O2/c1-26(14-6-3-13(23)4-7-14)11-12-2-5-15(10-16(12)29-19(20,21)22)27-9-8-17(24)25-18(27)28/h2,5,8-10,13-14H,3-4,6-7,11,23H2,1H3,(H2,24,25,28)/t13-,14-. The Hall–Kier alpha value is -2.59. The minimum absolute atomic E-state index is 0.0310. The van der Waals surface area contributed by atoms with Gasteiger partial charge >= 0.3 is 12.1 Å². The molecule has 0 amide bonds. The molecule has 29 heavy (non-hydrogen) atoms. The average Bonchev–Trinajstić information content (AvgIpc) is 2.62. The minimum atomic E-state index is -4.85. The summed E-state index contributed by atoms with van der Waals surface area (Å²) < 4.78 is 44.3. The van der Waals surface area contributed by atoms with Gasteiger partial charge in [0.1, 0.15) is 11.6 Å². The maximum atomic E-state index is 13.0. The molecule has 1 aliphatic rings. The Morgan fingerprint density at radius 3 is 2.55 bits per heavy atom. The van der Waals surface area contributed by atoms with E-state index in [-0.39, 0.29) is 35.9 Å². The molecule has 1 heterocycles. The van der Waals surface area contributed by atoms with Crippen LogP contribution in [0, 0.1) is 0 Å². The Kier molecular flexibility index (Phi) is 6.13. The molecule has 3 rings (SSSR count). The number of aromatic nitrogens is 2. The van der Waals surface area contributed by atoms with E-state index in [9.17, 15) is 18.0 Å². The summed E-state index contributed by atoms with van der Waals surface area (Å²) in [7, 11) is 1.88. The number of nitrogens with zero attached hydrogens (tertiary/aromatic N) is 3. The summed E-state index contributed by atoms with van der Waals surface area (Å²) in [4.78, 5) is 17.6. The Balaban J connectivity index is 1.89. The molecule has 1 aliphatic carbocycles. The van der Waals surface area contributed by atoms with E-state index in [1.165, 1.54) is 24.4 Å². The van der Waals surface area contributed by atoms with Crippen molar-refractivity contribution in [2.75, 3.05) is 12.8 Å². The topological polar surface area (TPSA) is 99.4 Å². The zero-order valence-electron chi connectivity index (χ0n) is 16.0. The van der Waals surface area contributed by atoms with Crippen LogP contribution in [0.4, 0.5) is 19.0 Å². The number of alkyl halides is 3. The highest BCUT2D eigenvalue weighted by Crippen LogP contribution is 2.31. The SMILES string of the molecule is CN(Cc1ccc(-n2ccc(N)nc2=O)cc1OC(F)(F)F)[C@H]1CC[C@H](N)CC1. The first-order valence-electron chi connectivity index (χ1n) is 9.32. The van der Waals surface area contributed by atoms with Crippen LogP contribution in [0.1, 0.15) is 31.2 Å². The summed E-state index contributed by atoms with van der Waals surface area (Å²) in [6, 6.07) is 6.10. The molecule has 158 valence electrons. The van der Waals surface area contributed by atoms with Gasteiger partial charge in [-0.1, -0.05) is 6.07 Å². The fraction of sp³-hybridized carbons (Fsp3) is 0.474. The number of nitrogen functional groups attached to an aromatic ring is 1. The number of anilines is 1. The average molecular weight is 411 g/mol. The molecule has 4 N–H and O–H groups in total. The molecule has 7 nitrogen and oxygen atoms in total. The second-order valence-corrected chi connectivity index (χ2v) is 7.33. The van der Waals surface area contributed by atoms with Crippen LogP contribution in [0.3, 0.4) is 0 Å². The molecular formula is C19H24F3N5O2. The van der Waals surface area contributed by atoms with E-state index in [4.69, 9.17) is 11.5 Å². The Bertz CT molecular complexity index is 907. The first kappa shape index (κ1) is 21.1. The highest BCUT2D eigenvalue weighted by molar-refractivity contribution is 5.45. The lowest BCUT2D eigenvalue weighted by atomic mass is 9.91. The van der Waals surface area contributed by atoms with Crippen LogP contribution in [-0.4, -0.2) is 39.9 Å². The van der Waals surface area contributed by atoms with Gasteiger partial charge in [0, 0.05) is 36.5 Å². The summed E-state index contributed by atoms with van der Waals surface area (Å²) in [6.45, 7) is 0.278. The summed E-state index contributed by atoms with van der Waals surface area (Å²) in [6.07, 6.45) is 0.0948. The maximum absolute atomic E-state index is 13.0. The van der Waals surface area contributed by atoms with Crippen LogP contribution in [-0.2, 0) is 6.54 Å². The zero-order chi connectivity index (χ0) is 21.2. The van der Waals surface area contributed by atoms with Gasteiger partial charge in [0.2, 0.25) is 0 Å². The van der Waals surface area contributed by atoms with E-state index in [0.29, 0.717) is 5.56 Å². The van der Waals surface area contributed by atoms with Gasteiger partial charge in [-0.2, -0.15) is 4.98 Å². The molecule has 0 radical (unpaired) electrons. The third-order valence-electron chi connectivity index (χ3n) is 5.16. The van der Waals surface area contributed by atoms with E-state index in [0.717, 1.165) is 30.3 Å². The third-order valence-corrected chi connectivity index (χ3v) is 5.16. The Morgan fingerprint density at radius 1 is 1.24 bits per heavy atom. The van der Waals surface area contributed by atoms with Crippen molar-refractivity contribution < 1.29 is 17.9 Å². The Labute approximate surface area is 166 Å². The summed E-state index contributed by atoms with van der Waals surface area (Å²) >= 11 is 0. The number of hydrogen-bond acceptors (Lipinski definition) is 6. The molecule has 0 atom stereocenters. The number of nitrogens with two attached hydrogens (primary N) is 2. The van der Waals surface area contributed by atoms with Crippen molar-refractivity contribution in [3.05, 3.63) is 46.5 Å². The van der Waals surface area contributed by atoms with Crippen molar-refractivity contribution in [1.29, 1.82) is 0 Å². The molecule has 0 aliphatic heterocycles. The lowest BCUT2D eigenvalue weighted by Gasteiger charge is -2.33. The molecule has 0 spiro atoms. The van der Waals surface area contributed by atoms with Crippen molar-refractivity contribution in [3.63, 3.8) is 0 Å². The highest BCUT2D eigenvalue weighted by atomic mass is 19.4. The van der Waals surface area contributed by atoms with Crippen LogP contribution >= 0.6 is 0 Å². The van der Waals surface area contributed by atoms with Crippen molar-refractivity contribution in [2.45, 2.75) is 50.7 Å². The van der Waals surface area contributed by atoms with E-state index in [2.05, 4.69) is 9.72 Å². The second-order valence-electron chi connectivity index (χ2n) is 7.33. The molecule has 1 saturated carbocycles. The smallest absolute Gasteiger partial charge is 0.405 e. The van der Waals surface area contributed by atoms with Gasteiger partial charge in [0.15, 0.2) is 0 Å². The predicted molar refractivity (Wildman–Crippen MR) is 103 cm³/mol. The van der Waals surface area contributed by atoms with E-state index < -0.39 is 12.1 Å². The number of rotatable bonds is 5. The molecule has 1 fully saturated rings.